The zero-order valence-corrected chi connectivity index (χ0v) is 17.9. The van der Waals surface area contributed by atoms with Crippen molar-refractivity contribution in [3.05, 3.63) is 95.4 Å². The standard InChI is InChI=1S/C24H23NOS2/c1-18-9-13-23(14-10-18)28-24(25-20-7-5-4-6-8-20)19(2)17-27-22-15-11-21(26-3)12-16-22/h4-17H,1-3H3. The maximum atomic E-state index is 5.23. The average molecular weight is 406 g/mol. The van der Waals surface area contributed by atoms with Crippen molar-refractivity contribution in [3.8, 4) is 5.75 Å². The molecule has 0 aliphatic heterocycles. The molecular formula is C24H23NOS2. The number of methoxy groups -OCH3 is 1. The third kappa shape index (κ3) is 6.04. The van der Waals surface area contributed by atoms with E-state index in [1.54, 1.807) is 30.6 Å². The van der Waals surface area contributed by atoms with Gasteiger partial charge < -0.3 is 4.74 Å². The van der Waals surface area contributed by atoms with Crippen LogP contribution in [0.25, 0.3) is 0 Å². The Kier molecular flexibility index (Phi) is 7.40. The molecule has 0 saturated heterocycles. The predicted octanol–water partition coefficient (Wildman–Crippen LogP) is 7.52. The molecule has 0 aliphatic rings. The van der Waals surface area contributed by atoms with Crippen LogP contribution < -0.4 is 4.74 Å². The lowest BCUT2D eigenvalue weighted by Gasteiger charge is -2.08. The van der Waals surface area contributed by atoms with Gasteiger partial charge in [0.15, 0.2) is 0 Å². The lowest BCUT2D eigenvalue weighted by atomic mass is 10.2. The Balaban J connectivity index is 1.83. The van der Waals surface area contributed by atoms with E-state index >= 15 is 0 Å². The molecule has 0 atom stereocenters. The summed E-state index contributed by atoms with van der Waals surface area (Å²) in [6.07, 6.45) is 0. The first kappa shape index (κ1) is 20.3. The predicted molar refractivity (Wildman–Crippen MR) is 123 cm³/mol. The summed E-state index contributed by atoms with van der Waals surface area (Å²) in [7, 11) is 1.68. The van der Waals surface area contributed by atoms with Gasteiger partial charge in [0.1, 0.15) is 10.8 Å². The van der Waals surface area contributed by atoms with Crippen molar-refractivity contribution in [2.75, 3.05) is 7.11 Å². The number of nitrogens with zero attached hydrogens (tertiary/aromatic N) is 1. The first-order valence-corrected chi connectivity index (χ1v) is 10.7. The van der Waals surface area contributed by atoms with E-state index in [1.807, 2.05) is 42.5 Å². The summed E-state index contributed by atoms with van der Waals surface area (Å²) in [5.74, 6) is 0.867. The highest BCUT2D eigenvalue weighted by Gasteiger charge is 2.07. The van der Waals surface area contributed by atoms with E-state index in [2.05, 4.69) is 55.7 Å². The Hall–Kier alpha value is -2.43. The second-order valence-corrected chi connectivity index (χ2v) is 8.27. The highest BCUT2D eigenvalue weighted by molar-refractivity contribution is 8.14. The van der Waals surface area contributed by atoms with Crippen molar-refractivity contribution in [2.45, 2.75) is 23.6 Å². The molecule has 142 valence electrons. The van der Waals surface area contributed by atoms with E-state index in [4.69, 9.17) is 9.73 Å². The van der Waals surface area contributed by atoms with Crippen molar-refractivity contribution in [1.29, 1.82) is 0 Å². The van der Waals surface area contributed by atoms with E-state index in [9.17, 15) is 0 Å². The molecule has 0 aliphatic carbocycles. The molecule has 0 heterocycles. The molecule has 3 aromatic carbocycles. The topological polar surface area (TPSA) is 21.6 Å². The van der Waals surface area contributed by atoms with Crippen molar-refractivity contribution in [1.82, 2.24) is 0 Å². The van der Waals surface area contributed by atoms with Crippen LogP contribution in [-0.4, -0.2) is 12.2 Å². The monoisotopic (exact) mass is 405 g/mol. The van der Waals surface area contributed by atoms with E-state index in [-0.39, 0.29) is 0 Å². The smallest absolute Gasteiger partial charge is 0.118 e. The number of hydrogen-bond donors (Lipinski definition) is 0. The summed E-state index contributed by atoms with van der Waals surface area (Å²) in [5, 5.41) is 3.15. The summed E-state index contributed by atoms with van der Waals surface area (Å²) in [6, 6.07) is 26.7. The Morgan fingerprint density at radius 2 is 1.50 bits per heavy atom. The number of ether oxygens (including phenoxy) is 1. The van der Waals surface area contributed by atoms with E-state index in [1.165, 1.54) is 15.4 Å². The maximum absolute atomic E-state index is 5.23. The lowest BCUT2D eigenvalue weighted by molar-refractivity contribution is 0.414. The Morgan fingerprint density at radius 3 is 2.14 bits per heavy atom. The normalized spacial score (nSPS) is 12.1. The molecular weight excluding hydrogens is 382 g/mol. The van der Waals surface area contributed by atoms with Crippen LogP contribution in [0.5, 0.6) is 5.75 Å². The SMILES string of the molecule is COc1ccc(SC=C(C)C(=Nc2ccccc2)Sc2ccc(C)cc2)cc1. The molecule has 0 bridgehead atoms. The van der Waals surface area contributed by atoms with Crippen molar-refractivity contribution >= 4 is 34.3 Å². The number of benzene rings is 3. The van der Waals surface area contributed by atoms with E-state index in [0.29, 0.717) is 0 Å². The van der Waals surface area contributed by atoms with Crippen LogP contribution in [0.1, 0.15) is 12.5 Å². The molecule has 0 unspecified atom stereocenters. The molecule has 0 saturated carbocycles. The highest BCUT2D eigenvalue weighted by Crippen LogP contribution is 2.30. The minimum atomic E-state index is 0.867. The van der Waals surface area contributed by atoms with Crippen molar-refractivity contribution < 1.29 is 4.74 Å². The van der Waals surface area contributed by atoms with E-state index in [0.717, 1.165) is 22.1 Å². The maximum Gasteiger partial charge on any atom is 0.118 e. The number of aryl methyl sites for hydroxylation is 1. The average Bonchev–Trinajstić information content (AvgIpc) is 2.74. The fourth-order valence-corrected chi connectivity index (χ4v) is 4.05. The molecule has 0 spiro atoms. The summed E-state index contributed by atoms with van der Waals surface area (Å²) < 4.78 is 5.23. The van der Waals surface area contributed by atoms with Gasteiger partial charge in [-0.05, 0) is 73.4 Å². The van der Waals surface area contributed by atoms with Crippen LogP contribution in [0.15, 0.2) is 105 Å². The van der Waals surface area contributed by atoms with Crippen LogP contribution in [0.2, 0.25) is 0 Å². The van der Waals surface area contributed by atoms with Crippen molar-refractivity contribution in [2.24, 2.45) is 4.99 Å². The minimum absolute atomic E-state index is 0.867. The quantitative estimate of drug-likeness (QED) is 0.240. The molecule has 4 heteroatoms. The van der Waals surface area contributed by atoms with Gasteiger partial charge in [-0.3, -0.25) is 0 Å². The Morgan fingerprint density at radius 1 is 0.857 bits per heavy atom. The first-order chi connectivity index (χ1) is 13.6. The minimum Gasteiger partial charge on any atom is -0.497 e. The highest BCUT2D eigenvalue weighted by atomic mass is 32.2. The van der Waals surface area contributed by atoms with E-state index < -0.39 is 0 Å². The number of aliphatic imine (C=N–C) groups is 1. The van der Waals surface area contributed by atoms with Crippen LogP contribution in [0, 0.1) is 6.92 Å². The number of rotatable bonds is 6. The van der Waals surface area contributed by atoms with Gasteiger partial charge in [-0.1, -0.05) is 59.4 Å². The van der Waals surface area contributed by atoms with Crippen LogP contribution in [0.4, 0.5) is 5.69 Å². The van der Waals surface area contributed by atoms with Crippen LogP contribution in [0.3, 0.4) is 0 Å². The summed E-state index contributed by atoms with van der Waals surface area (Å²) in [6.45, 7) is 4.21. The lowest BCUT2D eigenvalue weighted by Crippen LogP contribution is -1.94. The molecule has 3 rings (SSSR count). The molecule has 28 heavy (non-hydrogen) atoms. The third-order valence-electron chi connectivity index (χ3n) is 3.99. The van der Waals surface area contributed by atoms with Gasteiger partial charge in [0.2, 0.25) is 0 Å². The summed E-state index contributed by atoms with van der Waals surface area (Å²) >= 11 is 3.38. The first-order valence-electron chi connectivity index (χ1n) is 9.00. The molecule has 0 aromatic heterocycles. The Bertz CT molecular complexity index is 946. The zero-order chi connectivity index (χ0) is 19.8. The van der Waals surface area contributed by atoms with Gasteiger partial charge in [-0.15, -0.1) is 0 Å². The number of thioether (sulfide) groups is 2. The number of hydrogen-bond acceptors (Lipinski definition) is 4. The molecule has 0 radical (unpaired) electrons. The second kappa shape index (κ2) is 10.2. The summed E-state index contributed by atoms with van der Waals surface area (Å²) in [4.78, 5) is 7.24. The van der Waals surface area contributed by atoms with Crippen molar-refractivity contribution in [3.63, 3.8) is 0 Å². The Labute approximate surface area is 175 Å². The molecule has 0 fully saturated rings. The fourth-order valence-electron chi connectivity index (χ4n) is 2.39. The molecule has 0 amide bonds. The van der Waals surface area contributed by atoms with Crippen LogP contribution >= 0.6 is 23.5 Å². The second-order valence-electron chi connectivity index (χ2n) is 6.26. The third-order valence-corrected chi connectivity index (χ3v) is 6.12. The van der Waals surface area contributed by atoms with Gasteiger partial charge in [-0.2, -0.15) is 0 Å². The van der Waals surface area contributed by atoms with Gasteiger partial charge in [0.05, 0.1) is 12.8 Å². The summed E-state index contributed by atoms with van der Waals surface area (Å²) in [5.41, 5.74) is 3.35. The zero-order valence-electron chi connectivity index (χ0n) is 16.3. The van der Waals surface area contributed by atoms with Gasteiger partial charge >= 0.3 is 0 Å². The largest absolute Gasteiger partial charge is 0.497 e. The van der Waals surface area contributed by atoms with Gasteiger partial charge in [0, 0.05) is 9.79 Å². The molecule has 3 aromatic rings. The van der Waals surface area contributed by atoms with Gasteiger partial charge in [0.25, 0.3) is 0 Å². The van der Waals surface area contributed by atoms with Gasteiger partial charge in [-0.25, -0.2) is 4.99 Å². The molecule has 2 nitrogen and oxygen atoms in total. The van der Waals surface area contributed by atoms with Crippen LogP contribution in [-0.2, 0) is 0 Å². The fraction of sp³-hybridized carbons (Fsp3) is 0.125. The molecule has 0 N–H and O–H groups in total. The number of para-hydroxylation sites is 1.